The Morgan fingerprint density at radius 1 is 0.814 bits per heavy atom. The van der Waals surface area contributed by atoms with Crippen LogP contribution < -0.4 is 5.32 Å². The van der Waals surface area contributed by atoms with Crippen molar-refractivity contribution in [1.82, 2.24) is 30.2 Å². The third kappa shape index (κ3) is 4.61. The second-order valence-electron chi connectivity index (χ2n) is 13.0. The molecule has 2 saturated heterocycles. The Labute approximate surface area is 249 Å². The second kappa shape index (κ2) is 9.81. The first-order valence-electron chi connectivity index (χ1n) is 15.4. The zero-order chi connectivity index (χ0) is 29.3. The largest absolute Gasteiger partial charge is 0.444 e. The number of rotatable bonds is 3. The number of aromatic amines is 2. The van der Waals surface area contributed by atoms with E-state index in [-0.39, 0.29) is 12.1 Å². The van der Waals surface area contributed by atoms with Crippen LogP contribution in [0.1, 0.15) is 70.2 Å². The number of hydrogen-bond donors (Lipinski definition) is 3. The van der Waals surface area contributed by atoms with Crippen molar-refractivity contribution in [3.05, 3.63) is 72.3 Å². The average molecular weight is 573 g/mol. The van der Waals surface area contributed by atoms with E-state index in [0.29, 0.717) is 12.6 Å². The Balaban J connectivity index is 1.12. The first kappa shape index (κ1) is 26.2. The third-order valence-corrected chi connectivity index (χ3v) is 8.89. The number of hydrogen-bond acceptors (Lipinski definition) is 5. The minimum Gasteiger partial charge on any atom is -0.444 e. The molecule has 2 atom stereocenters. The van der Waals surface area contributed by atoms with Crippen LogP contribution in [0, 0.1) is 0 Å². The number of imidazole rings is 2. The number of amides is 1. The smallest absolute Gasteiger partial charge is 0.410 e. The summed E-state index contributed by atoms with van der Waals surface area (Å²) in [4.78, 5) is 31.8. The molecular weight excluding hydrogens is 536 g/mol. The zero-order valence-corrected chi connectivity index (χ0v) is 24.8. The van der Waals surface area contributed by atoms with Gasteiger partial charge in [0.05, 0.1) is 34.2 Å². The number of nitrogens with one attached hydrogen (secondary N) is 3. The van der Waals surface area contributed by atoms with E-state index in [2.05, 4.69) is 75.9 Å². The molecule has 8 rings (SSSR count). The molecule has 2 aliphatic rings. The summed E-state index contributed by atoms with van der Waals surface area (Å²) in [6.07, 6.45) is 3.84. The lowest BCUT2D eigenvalue weighted by Gasteiger charge is -2.27. The molecule has 8 heteroatoms. The molecule has 8 nitrogen and oxygen atoms in total. The Hall–Kier alpha value is -4.43. The number of carbonyl (C=O) groups excluding carboxylic acids is 1. The summed E-state index contributed by atoms with van der Waals surface area (Å²) in [7, 11) is 0. The third-order valence-electron chi connectivity index (χ3n) is 8.89. The summed E-state index contributed by atoms with van der Waals surface area (Å²) >= 11 is 0. The molecule has 0 radical (unpaired) electrons. The standard InChI is InChI=1S/C35H36N6O2/c1-35(2,3)43-34(42)41-17-5-7-29(41)33-38-27-15-11-23-19-21(9-13-25(23)31(27)40-33)20-8-12-24-22(18-20)10-14-26-30(24)39-32(37-26)28-6-4-16-36-28/h8-15,18-19,28-29,36H,4-7,16-17H2,1-3H3,(H,37,39)(H,38,40)/t28-,29-/m0/s1. The van der Waals surface area contributed by atoms with Gasteiger partial charge in [-0.3, -0.25) is 4.90 Å². The van der Waals surface area contributed by atoms with Crippen LogP contribution >= 0.6 is 0 Å². The van der Waals surface area contributed by atoms with Crippen LogP contribution in [0.25, 0.3) is 54.7 Å². The van der Waals surface area contributed by atoms with Crippen molar-refractivity contribution in [3.8, 4) is 11.1 Å². The fourth-order valence-corrected chi connectivity index (χ4v) is 6.83. The number of fused-ring (bicyclic) bond motifs is 6. The molecule has 6 aromatic rings. The van der Waals surface area contributed by atoms with Crippen molar-refractivity contribution >= 4 is 49.7 Å². The molecule has 43 heavy (non-hydrogen) atoms. The SMILES string of the molecule is CC(C)(C)OC(=O)N1CCC[C@H]1c1nc2c(ccc3cc(-c4ccc5c(ccc6[nH]c([C@@H]7CCCN7)nc65)c4)ccc32)[nH]1. The molecule has 2 aliphatic heterocycles. The topological polar surface area (TPSA) is 98.9 Å². The second-order valence-corrected chi connectivity index (χ2v) is 13.0. The van der Waals surface area contributed by atoms with Gasteiger partial charge in [-0.25, -0.2) is 14.8 Å². The highest BCUT2D eigenvalue weighted by Gasteiger charge is 2.35. The first-order valence-corrected chi connectivity index (χ1v) is 15.4. The van der Waals surface area contributed by atoms with E-state index < -0.39 is 5.60 Å². The molecule has 218 valence electrons. The van der Waals surface area contributed by atoms with E-state index >= 15 is 0 Å². The highest BCUT2D eigenvalue weighted by molar-refractivity contribution is 6.07. The maximum atomic E-state index is 12.9. The van der Waals surface area contributed by atoms with Gasteiger partial charge in [0.25, 0.3) is 0 Å². The van der Waals surface area contributed by atoms with Crippen LogP contribution in [0.15, 0.2) is 60.7 Å². The molecule has 0 aliphatic carbocycles. The molecule has 0 saturated carbocycles. The molecule has 0 unspecified atom stereocenters. The van der Waals surface area contributed by atoms with Gasteiger partial charge in [0.2, 0.25) is 0 Å². The van der Waals surface area contributed by atoms with E-state index in [4.69, 9.17) is 14.7 Å². The summed E-state index contributed by atoms with van der Waals surface area (Å²) in [5.41, 5.74) is 5.84. The monoisotopic (exact) mass is 572 g/mol. The molecule has 0 spiro atoms. The minimum absolute atomic E-state index is 0.110. The number of carbonyl (C=O) groups is 1. The summed E-state index contributed by atoms with van der Waals surface area (Å²) in [5, 5.41) is 8.12. The zero-order valence-electron chi connectivity index (χ0n) is 24.8. The quantitative estimate of drug-likeness (QED) is 0.200. The van der Waals surface area contributed by atoms with Crippen LogP contribution in [0.3, 0.4) is 0 Å². The number of likely N-dealkylation sites (tertiary alicyclic amines) is 1. The maximum Gasteiger partial charge on any atom is 0.410 e. The number of benzene rings is 4. The van der Waals surface area contributed by atoms with Gasteiger partial charge < -0.3 is 20.0 Å². The van der Waals surface area contributed by atoms with Crippen molar-refractivity contribution < 1.29 is 9.53 Å². The Kier molecular flexibility index (Phi) is 5.98. The van der Waals surface area contributed by atoms with Gasteiger partial charge in [0.15, 0.2) is 0 Å². The van der Waals surface area contributed by atoms with E-state index in [9.17, 15) is 4.79 Å². The van der Waals surface area contributed by atoms with Crippen LogP contribution in [0.4, 0.5) is 4.79 Å². The predicted molar refractivity (Wildman–Crippen MR) is 171 cm³/mol. The summed E-state index contributed by atoms with van der Waals surface area (Å²) < 4.78 is 5.68. The fraction of sp³-hybridized carbons (Fsp3) is 0.343. The van der Waals surface area contributed by atoms with Gasteiger partial charge in [-0.1, -0.05) is 36.4 Å². The molecule has 1 amide bonds. The molecule has 4 heterocycles. The summed E-state index contributed by atoms with van der Waals surface area (Å²) in [5.74, 6) is 1.86. The lowest BCUT2D eigenvalue weighted by atomic mass is 9.98. The molecule has 3 N–H and O–H groups in total. The van der Waals surface area contributed by atoms with E-state index in [1.165, 1.54) is 22.8 Å². The number of aromatic nitrogens is 4. The first-order chi connectivity index (χ1) is 20.8. The van der Waals surface area contributed by atoms with Crippen molar-refractivity contribution in [2.24, 2.45) is 0 Å². The van der Waals surface area contributed by atoms with Crippen molar-refractivity contribution in [1.29, 1.82) is 0 Å². The normalized spacial score (nSPS) is 19.4. The molecular formula is C35H36N6O2. The highest BCUT2D eigenvalue weighted by atomic mass is 16.6. The van der Waals surface area contributed by atoms with E-state index in [0.717, 1.165) is 75.9 Å². The lowest BCUT2D eigenvalue weighted by Crippen LogP contribution is -2.36. The number of H-pyrrole nitrogens is 2. The Morgan fingerprint density at radius 3 is 2.05 bits per heavy atom. The van der Waals surface area contributed by atoms with E-state index in [1.807, 2.05) is 25.7 Å². The van der Waals surface area contributed by atoms with E-state index in [1.54, 1.807) is 0 Å². The molecule has 2 aromatic heterocycles. The van der Waals surface area contributed by atoms with Gasteiger partial charge in [-0.15, -0.1) is 0 Å². The van der Waals surface area contributed by atoms with Crippen molar-refractivity contribution in [2.45, 2.75) is 64.1 Å². The molecule has 2 fully saturated rings. The predicted octanol–water partition coefficient (Wildman–Crippen LogP) is 7.91. The average Bonchev–Trinajstić information content (AvgIpc) is 3.80. The van der Waals surface area contributed by atoms with Crippen LogP contribution in [-0.4, -0.2) is 49.6 Å². The van der Waals surface area contributed by atoms with Crippen molar-refractivity contribution in [3.63, 3.8) is 0 Å². The highest BCUT2D eigenvalue weighted by Crippen LogP contribution is 2.36. The minimum atomic E-state index is -0.529. The van der Waals surface area contributed by atoms with Gasteiger partial charge in [0, 0.05) is 17.3 Å². The van der Waals surface area contributed by atoms with Crippen molar-refractivity contribution in [2.75, 3.05) is 13.1 Å². The van der Waals surface area contributed by atoms with Gasteiger partial charge in [-0.05, 0) is 99.2 Å². The molecule has 0 bridgehead atoms. The van der Waals surface area contributed by atoms with Crippen LogP contribution in [-0.2, 0) is 4.74 Å². The number of ether oxygens (including phenoxy) is 1. The Morgan fingerprint density at radius 2 is 1.44 bits per heavy atom. The Bertz CT molecular complexity index is 2030. The fourth-order valence-electron chi connectivity index (χ4n) is 6.83. The summed E-state index contributed by atoms with van der Waals surface area (Å²) in [6.45, 7) is 7.43. The van der Waals surface area contributed by atoms with Gasteiger partial charge >= 0.3 is 6.09 Å². The summed E-state index contributed by atoms with van der Waals surface area (Å²) in [6, 6.07) is 22.0. The molecule has 4 aromatic carbocycles. The van der Waals surface area contributed by atoms with Crippen LogP contribution in [0.2, 0.25) is 0 Å². The van der Waals surface area contributed by atoms with Gasteiger partial charge in [-0.2, -0.15) is 0 Å². The van der Waals surface area contributed by atoms with Gasteiger partial charge in [0.1, 0.15) is 17.2 Å². The number of nitrogens with zero attached hydrogens (tertiary/aromatic N) is 3. The lowest BCUT2D eigenvalue weighted by molar-refractivity contribution is 0.0219. The maximum absolute atomic E-state index is 12.9. The van der Waals surface area contributed by atoms with Crippen LogP contribution in [0.5, 0.6) is 0 Å².